The summed E-state index contributed by atoms with van der Waals surface area (Å²) in [6, 6.07) is 3.02. The zero-order valence-corrected chi connectivity index (χ0v) is 21.7. The zero-order valence-electron chi connectivity index (χ0n) is 21.7. The third-order valence-corrected chi connectivity index (χ3v) is 7.47. The van der Waals surface area contributed by atoms with Gasteiger partial charge in [0.1, 0.15) is 11.5 Å². The fourth-order valence-electron chi connectivity index (χ4n) is 5.21. The van der Waals surface area contributed by atoms with E-state index in [1.807, 2.05) is 21.0 Å². The van der Waals surface area contributed by atoms with E-state index in [2.05, 4.69) is 20.9 Å². The van der Waals surface area contributed by atoms with Crippen molar-refractivity contribution >= 4 is 29.2 Å². The largest absolute Gasteiger partial charge is 0.362 e. The molecule has 0 saturated heterocycles. The molecule has 3 N–H and O–H groups in total. The van der Waals surface area contributed by atoms with E-state index in [4.69, 9.17) is 9.97 Å². The summed E-state index contributed by atoms with van der Waals surface area (Å²) in [6.07, 6.45) is 8.35. The normalized spacial score (nSPS) is 19.2. The minimum Gasteiger partial charge on any atom is -0.362 e. The molecular formula is C26H37N7O3. The number of nitro groups is 1. The van der Waals surface area contributed by atoms with Gasteiger partial charge in [0, 0.05) is 38.3 Å². The molecule has 2 aromatic rings. The minimum absolute atomic E-state index is 0.0957. The molecule has 2 amide bonds. The highest BCUT2D eigenvalue weighted by molar-refractivity contribution is 5.93. The van der Waals surface area contributed by atoms with Crippen LogP contribution in [0.3, 0.4) is 0 Å². The molecular weight excluding hydrogens is 458 g/mol. The molecule has 10 heteroatoms. The number of hydrogen-bond donors (Lipinski definition) is 3. The van der Waals surface area contributed by atoms with E-state index in [0.29, 0.717) is 24.1 Å². The van der Waals surface area contributed by atoms with E-state index < -0.39 is 11.0 Å². The molecule has 10 nitrogen and oxygen atoms in total. The Morgan fingerprint density at radius 2 is 1.83 bits per heavy atom. The van der Waals surface area contributed by atoms with Crippen molar-refractivity contribution in [3.05, 3.63) is 44.6 Å². The van der Waals surface area contributed by atoms with Crippen LogP contribution in [-0.2, 0) is 12.8 Å². The minimum atomic E-state index is -0.468. The number of aromatic nitrogens is 2. The molecule has 1 aromatic heterocycles. The molecule has 4 rings (SSSR count). The van der Waals surface area contributed by atoms with Crippen LogP contribution in [0.5, 0.6) is 0 Å². The number of nitrogens with one attached hydrogen (secondary N) is 3. The molecule has 1 aromatic carbocycles. The molecule has 0 spiro atoms. The first-order chi connectivity index (χ1) is 17.2. The highest BCUT2D eigenvalue weighted by atomic mass is 16.6. The van der Waals surface area contributed by atoms with Crippen LogP contribution in [0, 0.1) is 29.9 Å². The summed E-state index contributed by atoms with van der Waals surface area (Å²) in [6.45, 7) is 4.18. The summed E-state index contributed by atoms with van der Waals surface area (Å²) in [5.74, 6) is 2.11. The van der Waals surface area contributed by atoms with Crippen LogP contribution in [0.2, 0.25) is 0 Å². The average Bonchev–Trinajstić information content (AvgIpc) is 2.85. The van der Waals surface area contributed by atoms with Gasteiger partial charge in [-0.3, -0.25) is 10.1 Å². The first-order valence-corrected chi connectivity index (χ1v) is 12.9. The topological polar surface area (TPSA) is 125 Å². The third kappa shape index (κ3) is 5.85. The predicted molar refractivity (Wildman–Crippen MR) is 142 cm³/mol. The van der Waals surface area contributed by atoms with Crippen molar-refractivity contribution in [3.63, 3.8) is 0 Å². The maximum atomic E-state index is 12.5. The van der Waals surface area contributed by atoms with Gasteiger partial charge in [-0.1, -0.05) is 6.07 Å². The van der Waals surface area contributed by atoms with Crippen LogP contribution in [0.1, 0.15) is 60.9 Å². The van der Waals surface area contributed by atoms with Crippen molar-refractivity contribution in [2.24, 2.45) is 5.92 Å². The van der Waals surface area contributed by atoms with Crippen LogP contribution in [0.4, 0.5) is 27.9 Å². The highest BCUT2D eigenvalue weighted by Crippen LogP contribution is 2.31. The molecule has 1 fully saturated rings. The number of aryl methyl sites for hydroxylation is 2. The van der Waals surface area contributed by atoms with Gasteiger partial charge in [-0.05, 0) is 82.3 Å². The highest BCUT2D eigenvalue weighted by Gasteiger charge is 2.25. The van der Waals surface area contributed by atoms with E-state index in [9.17, 15) is 14.9 Å². The molecule has 36 heavy (non-hydrogen) atoms. The van der Waals surface area contributed by atoms with Gasteiger partial charge >= 0.3 is 6.03 Å². The van der Waals surface area contributed by atoms with Gasteiger partial charge in [0.2, 0.25) is 5.95 Å². The average molecular weight is 496 g/mol. The Bertz CT molecular complexity index is 1130. The van der Waals surface area contributed by atoms with Crippen molar-refractivity contribution in [3.8, 4) is 0 Å². The van der Waals surface area contributed by atoms with Gasteiger partial charge < -0.3 is 20.9 Å². The predicted octanol–water partition coefficient (Wildman–Crippen LogP) is 4.74. The Morgan fingerprint density at radius 3 is 2.53 bits per heavy atom. The number of benzene rings is 1. The summed E-state index contributed by atoms with van der Waals surface area (Å²) in [4.78, 5) is 35.2. The van der Waals surface area contributed by atoms with E-state index in [1.54, 1.807) is 13.0 Å². The number of amides is 2. The maximum absolute atomic E-state index is 12.5. The van der Waals surface area contributed by atoms with Gasteiger partial charge in [-0.15, -0.1) is 0 Å². The number of nitro benzene ring substituents is 1. The number of carbonyl (C=O) groups is 1. The van der Waals surface area contributed by atoms with Gasteiger partial charge in [0.15, 0.2) is 0 Å². The molecule has 0 unspecified atom stereocenters. The fraction of sp³-hybridized carbons (Fsp3) is 0.577. The van der Waals surface area contributed by atoms with Crippen LogP contribution >= 0.6 is 0 Å². The molecule has 0 radical (unpaired) electrons. The number of urea groups is 1. The second-order valence-corrected chi connectivity index (χ2v) is 10.3. The first-order valence-electron chi connectivity index (χ1n) is 12.9. The monoisotopic (exact) mass is 495 g/mol. The Morgan fingerprint density at radius 1 is 1.11 bits per heavy atom. The number of rotatable bonds is 7. The third-order valence-electron chi connectivity index (χ3n) is 7.47. The van der Waals surface area contributed by atoms with Crippen molar-refractivity contribution in [1.29, 1.82) is 0 Å². The van der Waals surface area contributed by atoms with Crippen LogP contribution < -0.4 is 20.9 Å². The van der Waals surface area contributed by atoms with Crippen LogP contribution in [-0.4, -0.2) is 47.6 Å². The van der Waals surface area contributed by atoms with E-state index in [1.165, 1.54) is 30.2 Å². The molecule has 2 aliphatic rings. The van der Waals surface area contributed by atoms with Gasteiger partial charge in [-0.25, -0.2) is 9.78 Å². The summed E-state index contributed by atoms with van der Waals surface area (Å²) in [5.41, 5.74) is 4.22. The summed E-state index contributed by atoms with van der Waals surface area (Å²) >= 11 is 0. The van der Waals surface area contributed by atoms with E-state index >= 15 is 0 Å². The second-order valence-electron chi connectivity index (χ2n) is 10.3. The number of fused-ring (bicyclic) bond motifs is 1. The van der Waals surface area contributed by atoms with Gasteiger partial charge in [0.25, 0.3) is 5.69 Å². The van der Waals surface area contributed by atoms with Crippen LogP contribution in [0.25, 0.3) is 0 Å². The summed E-state index contributed by atoms with van der Waals surface area (Å²) in [7, 11) is 4.07. The number of nitrogens with zero attached hydrogens (tertiary/aromatic N) is 4. The molecule has 1 saturated carbocycles. The zero-order chi connectivity index (χ0) is 25.8. The lowest BCUT2D eigenvalue weighted by Gasteiger charge is -2.30. The van der Waals surface area contributed by atoms with E-state index in [0.717, 1.165) is 55.9 Å². The molecule has 194 valence electrons. The van der Waals surface area contributed by atoms with Crippen molar-refractivity contribution in [1.82, 2.24) is 15.3 Å². The Balaban J connectivity index is 1.29. The second kappa shape index (κ2) is 11.1. The van der Waals surface area contributed by atoms with Crippen molar-refractivity contribution in [2.45, 2.75) is 71.3 Å². The maximum Gasteiger partial charge on any atom is 0.319 e. The smallest absolute Gasteiger partial charge is 0.319 e. The summed E-state index contributed by atoms with van der Waals surface area (Å²) < 4.78 is 0. The Hall–Kier alpha value is -3.43. The summed E-state index contributed by atoms with van der Waals surface area (Å²) in [5, 5.41) is 20.5. The van der Waals surface area contributed by atoms with E-state index in [-0.39, 0.29) is 11.4 Å². The Labute approximate surface area is 212 Å². The fourth-order valence-corrected chi connectivity index (χ4v) is 5.21. The molecule has 1 heterocycles. The SMILES string of the molecule is Cc1ccc([N+](=O)[O-])c(NC(=O)NCC2CCC(Nc3nc4c(c(N(C)C)n3)CCCC4)CC2)c1C. The molecule has 0 bridgehead atoms. The Kier molecular flexibility index (Phi) is 7.91. The quantitative estimate of drug-likeness (QED) is 0.374. The van der Waals surface area contributed by atoms with Gasteiger partial charge in [0.05, 0.1) is 10.6 Å². The number of hydrogen-bond acceptors (Lipinski definition) is 7. The van der Waals surface area contributed by atoms with Gasteiger partial charge in [-0.2, -0.15) is 4.98 Å². The van der Waals surface area contributed by atoms with Crippen LogP contribution in [0.15, 0.2) is 12.1 Å². The van der Waals surface area contributed by atoms with Crippen molar-refractivity contribution < 1.29 is 9.72 Å². The number of carbonyl (C=O) groups excluding carboxylic acids is 1. The lowest BCUT2D eigenvalue weighted by molar-refractivity contribution is -0.384. The lowest BCUT2D eigenvalue weighted by atomic mass is 9.86. The standard InChI is InChI=1S/C26H37N7O3/c1-16-9-14-22(33(35)36)23(17(16)2)30-26(34)27-15-18-10-12-19(13-11-18)28-25-29-21-8-6-5-7-20(21)24(31-25)32(3)4/h9,14,18-19H,5-8,10-13,15H2,1-4H3,(H2,27,30,34)(H,28,29,31). The molecule has 0 atom stereocenters. The lowest BCUT2D eigenvalue weighted by Crippen LogP contribution is -2.36. The molecule has 0 aliphatic heterocycles. The van der Waals surface area contributed by atoms with Crippen molar-refractivity contribution in [2.75, 3.05) is 36.2 Å². The molecule has 2 aliphatic carbocycles. The first kappa shape index (κ1) is 25.7. The number of anilines is 3.